The maximum absolute atomic E-state index is 13.1. The van der Waals surface area contributed by atoms with Gasteiger partial charge in [-0.25, -0.2) is 13.8 Å². The van der Waals surface area contributed by atoms with Crippen molar-refractivity contribution in [1.82, 2.24) is 14.8 Å². The molecule has 4 rings (SSSR count). The molecule has 0 aliphatic carbocycles. The van der Waals surface area contributed by atoms with E-state index in [2.05, 4.69) is 24.1 Å². The van der Waals surface area contributed by atoms with E-state index < -0.39 is 18.0 Å². The van der Waals surface area contributed by atoms with Crippen LogP contribution in [0, 0.1) is 0 Å². The van der Waals surface area contributed by atoms with Gasteiger partial charge in [-0.2, -0.15) is 5.10 Å². The molecule has 1 saturated heterocycles. The zero-order valence-corrected chi connectivity index (χ0v) is 19.1. The van der Waals surface area contributed by atoms with Crippen LogP contribution in [0.5, 0.6) is 5.75 Å². The summed E-state index contributed by atoms with van der Waals surface area (Å²) in [5, 5.41) is 8.13. The molecular weight excluding hydrogens is 430 g/mol. The number of benzene rings is 1. The molecule has 3 heterocycles. The molecule has 1 amide bonds. The van der Waals surface area contributed by atoms with Crippen molar-refractivity contribution in [2.75, 3.05) is 11.9 Å². The summed E-state index contributed by atoms with van der Waals surface area (Å²) in [7, 11) is 0. The Morgan fingerprint density at radius 1 is 1.30 bits per heavy atom. The lowest BCUT2D eigenvalue weighted by Gasteiger charge is -2.35. The van der Waals surface area contributed by atoms with Gasteiger partial charge in [-0.15, -0.1) is 0 Å². The van der Waals surface area contributed by atoms with Crippen LogP contribution in [0.15, 0.2) is 36.5 Å². The highest BCUT2D eigenvalue weighted by atomic mass is 19.3. The Morgan fingerprint density at radius 3 is 2.79 bits per heavy atom. The van der Waals surface area contributed by atoms with E-state index >= 15 is 0 Å². The normalized spacial score (nSPS) is 18.1. The molecular formula is C24H28F2N4O3. The topological polar surface area (TPSA) is 78.3 Å². The second kappa shape index (κ2) is 9.05. The highest BCUT2D eigenvalue weighted by molar-refractivity contribution is 6.08. The van der Waals surface area contributed by atoms with Crippen LogP contribution in [0.2, 0.25) is 0 Å². The fourth-order valence-electron chi connectivity index (χ4n) is 4.04. The summed E-state index contributed by atoms with van der Waals surface area (Å²) >= 11 is 0. The number of nitrogens with zero attached hydrogens (tertiary/aromatic N) is 3. The largest absolute Gasteiger partial charge is 0.490 e. The number of aromatic nitrogens is 3. The maximum atomic E-state index is 13.1. The smallest absolute Gasteiger partial charge is 0.280 e. The minimum Gasteiger partial charge on any atom is -0.490 e. The summed E-state index contributed by atoms with van der Waals surface area (Å²) in [4.78, 5) is 16.9. The van der Waals surface area contributed by atoms with Crippen molar-refractivity contribution < 1.29 is 23.0 Å². The summed E-state index contributed by atoms with van der Waals surface area (Å²) in [5.41, 5.74) is 0.372. The highest BCUT2D eigenvalue weighted by Crippen LogP contribution is 2.34. The summed E-state index contributed by atoms with van der Waals surface area (Å²) in [6.07, 6.45) is 0.710. The summed E-state index contributed by atoms with van der Waals surface area (Å²) in [6, 6.07) is 7.76. The molecule has 0 bridgehead atoms. The Balaban J connectivity index is 1.67. The number of ether oxygens (including phenoxy) is 2. The van der Waals surface area contributed by atoms with Gasteiger partial charge in [0.1, 0.15) is 17.3 Å². The highest BCUT2D eigenvalue weighted by Gasteiger charge is 2.30. The van der Waals surface area contributed by atoms with Crippen LogP contribution >= 0.6 is 0 Å². The van der Waals surface area contributed by atoms with Gasteiger partial charge in [0.2, 0.25) is 0 Å². The summed E-state index contributed by atoms with van der Waals surface area (Å²) in [5.74, 6) is -0.0717. The number of nitrogens with one attached hydrogen (secondary N) is 1. The second-order valence-corrected chi connectivity index (χ2v) is 9.14. The number of alkyl halides is 2. The first-order valence-electron chi connectivity index (χ1n) is 11.0. The number of carbonyl (C=O) groups excluding carboxylic acids is 1. The second-order valence-electron chi connectivity index (χ2n) is 9.14. The molecule has 0 radical (unpaired) electrons. The number of carbonyl (C=O) groups is 1. The SMILES string of the molecule is CC(C)Oc1cc2nn([C@@H]3CCOC(C)(C)C3)cc2cc1C(=O)Nc1cccc(C(F)F)n1. The monoisotopic (exact) mass is 458 g/mol. The molecule has 0 saturated carbocycles. The van der Waals surface area contributed by atoms with E-state index in [1.54, 1.807) is 12.1 Å². The van der Waals surface area contributed by atoms with Gasteiger partial charge >= 0.3 is 0 Å². The van der Waals surface area contributed by atoms with E-state index in [1.807, 2.05) is 24.7 Å². The predicted molar refractivity (Wildman–Crippen MR) is 121 cm³/mol. The summed E-state index contributed by atoms with van der Waals surface area (Å²) in [6.45, 7) is 8.52. The van der Waals surface area contributed by atoms with Crippen molar-refractivity contribution in [3.05, 3.63) is 47.8 Å². The zero-order chi connectivity index (χ0) is 23.8. The van der Waals surface area contributed by atoms with Crippen molar-refractivity contribution in [3.63, 3.8) is 0 Å². The van der Waals surface area contributed by atoms with Crippen LogP contribution in [0.3, 0.4) is 0 Å². The number of pyridine rings is 1. The van der Waals surface area contributed by atoms with Crippen LogP contribution in [-0.2, 0) is 4.74 Å². The van der Waals surface area contributed by atoms with Crippen molar-refractivity contribution in [2.45, 2.75) is 64.7 Å². The molecule has 1 atom stereocenters. The number of hydrogen-bond acceptors (Lipinski definition) is 5. The number of amides is 1. The van der Waals surface area contributed by atoms with Crippen LogP contribution in [0.4, 0.5) is 14.6 Å². The minimum absolute atomic E-state index is 0.0496. The lowest BCUT2D eigenvalue weighted by molar-refractivity contribution is -0.0707. The van der Waals surface area contributed by atoms with Gasteiger partial charge in [0.05, 0.1) is 28.8 Å². The average Bonchev–Trinajstić information content (AvgIpc) is 3.15. The maximum Gasteiger partial charge on any atom is 0.280 e. The third kappa shape index (κ3) is 5.30. The molecule has 3 aromatic rings. The van der Waals surface area contributed by atoms with Crippen LogP contribution < -0.4 is 10.1 Å². The first kappa shape index (κ1) is 23.1. The van der Waals surface area contributed by atoms with E-state index in [9.17, 15) is 13.6 Å². The molecule has 1 aliphatic rings. The Morgan fingerprint density at radius 2 is 2.09 bits per heavy atom. The molecule has 1 N–H and O–H groups in total. The number of anilines is 1. The number of hydrogen-bond donors (Lipinski definition) is 1. The lowest BCUT2D eigenvalue weighted by Crippen LogP contribution is -2.35. The Kier molecular flexibility index (Phi) is 6.34. The molecule has 176 valence electrons. The van der Waals surface area contributed by atoms with Gasteiger partial charge in [0.15, 0.2) is 0 Å². The van der Waals surface area contributed by atoms with Crippen molar-refractivity contribution in [1.29, 1.82) is 0 Å². The molecule has 1 aliphatic heterocycles. The van der Waals surface area contributed by atoms with Crippen LogP contribution in [0.1, 0.15) is 69.1 Å². The Bertz CT molecular complexity index is 1160. The first-order chi connectivity index (χ1) is 15.6. The molecule has 0 unspecified atom stereocenters. The fraction of sp³-hybridized carbons (Fsp3) is 0.458. The van der Waals surface area contributed by atoms with Gasteiger partial charge in [0, 0.05) is 24.3 Å². The third-order valence-electron chi connectivity index (χ3n) is 5.51. The summed E-state index contributed by atoms with van der Waals surface area (Å²) < 4.78 is 39.6. The van der Waals surface area contributed by atoms with Crippen molar-refractivity contribution >= 4 is 22.6 Å². The van der Waals surface area contributed by atoms with E-state index in [0.29, 0.717) is 17.9 Å². The Hall–Kier alpha value is -3.07. The number of rotatable bonds is 6. The predicted octanol–water partition coefficient (Wildman–Crippen LogP) is 5.54. The van der Waals surface area contributed by atoms with Gasteiger partial charge in [-0.1, -0.05) is 6.07 Å². The van der Waals surface area contributed by atoms with E-state index in [4.69, 9.17) is 14.6 Å². The molecule has 2 aromatic heterocycles. The van der Waals surface area contributed by atoms with Crippen LogP contribution in [0.25, 0.3) is 10.9 Å². The molecule has 1 fully saturated rings. The van der Waals surface area contributed by atoms with Crippen molar-refractivity contribution in [2.24, 2.45) is 0 Å². The van der Waals surface area contributed by atoms with Crippen molar-refractivity contribution in [3.8, 4) is 5.75 Å². The van der Waals surface area contributed by atoms with E-state index in [0.717, 1.165) is 18.2 Å². The standard InChI is InChI=1S/C24H28F2N4O3/c1-14(2)33-20-11-19-15(13-30(29-19)16-8-9-32-24(3,4)12-16)10-17(20)23(31)28-21-7-5-6-18(27-21)22(25)26/h5-7,10-11,13-14,16,22H,8-9,12H2,1-4H3,(H,27,28,31)/t16-/m1/s1. The van der Waals surface area contributed by atoms with Gasteiger partial charge in [-0.3, -0.25) is 9.48 Å². The van der Waals surface area contributed by atoms with Gasteiger partial charge in [0.25, 0.3) is 12.3 Å². The van der Waals surface area contributed by atoms with E-state index in [-0.39, 0.29) is 29.1 Å². The fourth-order valence-corrected chi connectivity index (χ4v) is 4.04. The third-order valence-corrected chi connectivity index (χ3v) is 5.51. The number of fused-ring (bicyclic) bond motifs is 1. The van der Waals surface area contributed by atoms with Crippen LogP contribution in [-0.4, -0.2) is 39.0 Å². The Labute approximate surface area is 191 Å². The molecule has 1 aromatic carbocycles. The average molecular weight is 459 g/mol. The quantitative estimate of drug-likeness (QED) is 0.525. The zero-order valence-electron chi connectivity index (χ0n) is 19.1. The molecule has 7 nitrogen and oxygen atoms in total. The van der Waals surface area contributed by atoms with Gasteiger partial charge in [-0.05, 0) is 58.7 Å². The van der Waals surface area contributed by atoms with E-state index in [1.165, 1.54) is 18.2 Å². The lowest BCUT2D eigenvalue weighted by atomic mass is 9.94. The minimum atomic E-state index is -2.72. The number of halogens is 2. The molecule has 33 heavy (non-hydrogen) atoms. The first-order valence-corrected chi connectivity index (χ1v) is 11.0. The molecule has 0 spiro atoms. The molecule has 9 heteroatoms. The van der Waals surface area contributed by atoms with Gasteiger partial charge < -0.3 is 14.8 Å².